The summed E-state index contributed by atoms with van der Waals surface area (Å²) >= 11 is 0. The van der Waals surface area contributed by atoms with Gasteiger partial charge in [-0.2, -0.15) is 15.1 Å². The van der Waals surface area contributed by atoms with Gasteiger partial charge in [0.05, 0.1) is 11.6 Å². The van der Waals surface area contributed by atoms with Gasteiger partial charge in [-0.1, -0.05) is 0 Å². The van der Waals surface area contributed by atoms with E-state index < -0.39 is 0 Å². The van der Waals surface area contributed by atoms with E-state index in [2.05, 4.69) is 25.6 Å². The van der Waals surface area contributed by atoms with Crippen molar-refractivity contribution in [2.45, 2.75) is 6.42 Å². The van der Waals surface area contributed by atoms with Gasteiger partial charge < -0.3 is 9.64 Å². The summed E-state index contributed by atoms with van der Waals surface area (Å²) in [4.78, 5) is 10.6. The Balaban J connectivity index is 2.27. The molecule has 2 aromatic rings. The number of methoxy groups -OCH3 is 1. The van der Waals surface area contributed by atoms with Crippen LogP contribution >= 0.6 is 0 Å². The van der Waals surface area contributed by atoms with Crippen LogP contribution in [0.1, 0.15) is 6.42 Å². The van der Waals surface area contributed by atoms with Crippen LogP contribution in [0.25, 0.3) is 11.0 Å². The lowest BCUT2D eigenvalue weighted by Crippen LogP contribution is -2.22. The number of fused-ring (bicyclic) bond motifs is 1. The van der Waals surface area contributed by atoms with Crippen molar-refractivity contribution in [1.29, 1.82) is 0 Å². The molecule has 0 saturated heterocycles. The molecule has 0 aromatic carbocycles. The third-order valence-corrected chi connectivity index (χ3v) is 2.62. The molecule has 0 radical (unpaired) electrons. The Morgan fingerprint density at radius 2 is 2.33 bits per heavy atom. The van der Waals surface area contributed by atoms with Gasteiger partial charge in [-0.15, -0.1) is 0 Å². The molecule has 0 aliphatic rings. The number of ether oxygens (including phenoxy) is 1. The number of hydrogen-bond donors (Lipinski definition) is 3. The Morgan fingerprint density at radius 3 is 3.06 bits per heavy atom. The molecule has 0 amide bonds. The highest BCUT2D eigenvalue weighted by atomic mass is 16.5. The third-order valence-electron chi connectivity index (χ3n) is 2.62. The number of aromatic nitrogens is 4. The largest absolute Gasteiger partial charge is 0.385 e. The first kappa shape index (κ1) is 12.5. The predicted octanol–water partition coefficient (Wildman–Crippen LogP) is 0.111. The van der Waals surface area contributed by atoms with E-state index in [1.54, 1.807) is 13.3 Å². The fourth-order valence-electron chi connectivity index (χ4n) is 1.73. The number of anilines is 2. The van der Waals surface area contributed by atoms with Crippen molar-refractivity contribution in [1.82, 2.24) is 20.2 Å². The molecule has 8 heteroatoms. The minimum atomic E-state index is 0.361. The van der Waals surface area contributed by atoms with E-state index in [0.717, 1.165) is 24.2 Å². The van der Waals surface area contributed by atoms with Gasteiger partial charge in [0.2, 0.25) is 5.95 Å². The standard InChI is InChI=1S/C10H17N7O/c1-17(4-3-5-18-2)9-7-6-12-16-8(7)13-10(14-9)15-11/h6H,3-5,11H2,1-2H3,(H2,12,13,14,15,16). The quantitative estimate of drug-likeness (QED) is 0.380. The average Bonchev–Trinajstić information content (AvgIpc) is 2.85. The van der Waals surface area contributed by atoms with E-state index >= 15 is 0 Å². The van der Waals surface area contributed by atoms with Crippen molar-refractivity contribution in [3.8, 4) is 0 Å². The number of nitrogen functional groups attached to an aromatic ring is 1. The lowest BCUT2D eigenvalue weighted by Gasteiger charge is -2.18. The Hall–Kier alpha value is -1.93. The molecule has 0 atom stereocenters. The molecule has 2 rings (SSSR count). The zero-order chi connectivity index (χ0) is 13.0. The number of hydrogen-bond acceptors (Lipinski definition) is 7. The number of nitrogens with zero attached hydrogens (tertiary/aromatic N) is 4. The zero-order valence-electron chi connectivity index (χ0n) is 10.5. The van der Waals surface area contributed by atoms with Gasteiger partial charge >= 0.3 is 0 Å². The van der Waals surface area contributed by atoms with Crippen molar-refractivity contribution in [2.24, 2.45) is 5.84 Å². The molecule has 98 valence electrons. The predicted molar refractivity (Wildman–Crippen MR) is 69.3 cm³/mol. The van der Waals surface area contributed by atoms with Crippen LogP contribution in [0, 0.1) is 0 Å². The van der Waals surface area contributed by atoms with Crippen LogP contribution in [0.2, 0.25) is 0 Å². The number of H-pyrrole nitrogens is 1. The summed E-state index contributed by atoms with van der Waals surface area (Å²) in [5.41, 5.74) is 3.11. The number of rotatable bonds is 6. The molecule has 0 aliphatic carbocycles. The van der Waals surface area contributed by atoms with Gasteiger partial charge in [0.25, 0.3) is 0 Å². The van der Waals surface area contributed by atoms with E-state index in [1.807, 2.05) is 11.9 Å². The molecule has 0 aliphatic heterocycles. The van der Waals surface area contributed by atoms with Crippen LogP contribution in [-0.2, 0) is 4.74 Å². The smallest absolute Gasteiger partial charge is 0.241 e. The Morgan fingerprint density at radius 1 is 1.50 bits per heavy atom. The van der Waals surface area contributed by atoms with E-state index in [1.165, 1.54) is 0 Å². The maximum atomic E-state index is 5.35. The lowest BCUT2D eigenvalue weighted by atomic mass is 10.3. The Bertz CT molecular complexity index is 512. The molecular formula is C10H17N7O. The SMILES string of the molecule is COCCCN(C)c1nc(NN)nc2[nH]ncc12. The van der Waals surface area contributed by atoms with Crippen LogP contribution in [0.15, 0.2) is 6.20 Å². The number of aromatic amines is 1. The molecule has 0 bridgehead atoms. The summed E-state index contributed by atoms with van der Waals surface area (Å²) in [5, 5.41) is 7.65. The van der Waals surface area contributed by atoms with Crippen molar-refractivity contribution in [3.63, 3.8) is 0 Å². The number of nitrogens with two attached hydrogens (primary N) is 1. The summed E-state index contributed by atoms with van der Waals surface area (Å²) in [6.07, 6.45) is 2.62. The van der Waals surface area contributed by atoms with Gasteiger partial charge in [-0.25, -0.2) is 5.84 Å². The van der Waals surface area contributed by atoms with Gasteiger partial charge in [0.15, 0.2) is 5.65 Å². The van der Waals surface area contributed by atoms with E-state index in [4.69, 9.17) is 10.6 Å². The highest BCUT2D eigenvalue weighted by molar-refractivity contribution is 5.87. The number of nitrogens with one attached hydrogen (secondary N) is 2. The van der Waals surface area contributed by atoms with E-state index in [9.17, 15) is 0 Å². The molecule has 0 fully saturated rings. The topological polar surface area (TPSA) is 105 Å². The molecular weight excluding hydrogens is 234 g/mol. The van der Waals surface area contributed by atoms with Gasteiger partial charge in [0.1, 0.15) is 5.82 Å². The summed E-state index contributed by atoms with van der Waals surface area (Å²) in [6, 6.07) is 0. The van der Waals surface area contributed by atoms with Crippen LogP contribution in [0.3, 0.4) is 0 Å². The molecule has 2 aromatic heterocycles. The van der Waals surface area contributed by atoms with Crippen molar-refractivity contribution in [2.75, 3.05) is 37.6 Å². The third kappa shape index (κ3) is 2.49. The fourth-order valence-corrected chi connectivity index (χ4v) is 1.73. The maximum absolute atomic E-state index is 5.35. The van der Waals surface area contributed by atoms with Crippen LogP contribution in [-0.4, -0.2) is 47.5 Å². The first-order chi connectivity index (χ1) is 8.76. The minimum Gasteiger partial charge on any atom is -0.385 e. The summed E-state index contributed by atoms with van der Waals surface area (Å²) in [6.45, 7) is 1.54. The van der Waals surface area contributed by atoms with E-state index in [0.29, 0.717) is 18.2 Å². The molecule has 0 spiro atoms. The normalized spacial score (nSPS) is 10.8. The van der Waals surface area contributed by atoms with Crippen molar-refractivity contribution >= 4 is 22.8 Å². The highest BCUT2D eigenvalue weighted by Gasteiger charge is 2.12. The minimum absolute atomic E-state index is 0.361. The van der Waals surface area contributed by atoms with Crippen molar-refractivity contribution < 1.29 is 4.74 Å². The lowest BCUT2D eigenvalue weighted by molar-refractivity contribution is 0.196. The molecule has 2 heterocycles. The second kappa shape index (κ2) is 5.61. The summed E-state index contributed by atoms with van der Waals surface area (Å²) in [5.74, 6) is 6.50. The number of hydrazine groups is 1. The first-order valence-corrected chi connectivity index (χ1v) is 5.64. The van der Waals surface area contributed by atoms with Crippen molar-refractivity contribution in [3.05, 3.63) is 6.20 Å². The molecule has 8 nitrogen and oxygen atoms in total. The average molecular weight is 251 g/mol. The Kier molecular flexibility index (Phi) is 3.90. The van der Waals surface area contributed by atoms with Crippen LogP contribution in [0.4, 0.5) is 11.8 Å². The van der Waals surface area contributed by atoms with Gasteiger partial charge in [-0.3, -0.25) is 10.5 Å². The van der Waals surface area contributed by atoms with Gasteiger partial charge in [-0.05, 0) is 6.42 Å². The van der Waals surface area contributed by atoms with Crippen LogP contribution in [0.5, 0.6) is 0 Å². The zero-order valence-corrected chi connectivity index (χ0v) is 10.5. The fraction of sp³-hybridized carbons (Fsp3) is 0.500. The Labute approximate surface area is 105 Å². The highest BCUT2D eigenvalue weighted by Crippen LogP contribution is 2.22. The van der Waals surface area contributed by atoms with Gasteiger partial charge in [0, 0.05) is 27.3 Å². The molecule has 4 N–H and O–H groups in total. The molecule has 18 heavy (non-hydrogen) atoms. The first-order valence-electron chi connectivity index (χ1n) is 5.64. The molecule has 0 saturated carbocycles. The van der Waals surface area contributed by atoms with Crippen LogP contribution < -0.4 is 16.2 Å². The molecule has 0 unspecified atom stereocenters. The summed E-state index contributed by atoms with van der Waals surface area (Å²) < 4.78 is 5.04. The monoisotopic (exact) mass is 251 g/mol. The second-order valence-corrected chi connectivity index (χ2v) is 3.92. The van der Waals surface area contributed by atoms with E-state index in [-0.39, 0.29) is 0 Å². The maximum Gasteiger partial charge on any atom is 0.241 e. The second-order valence-electron chi connectivity index (χ2n) is 3.92. The summed E-state index contributed by atoms with van der Waals surface area (Å²) in [7, 11) is 3.65.